The lowest BCUT2D eigenvalue weighted by molar-refractivity contribution is -0.120. The first kappa shape index (κ1) is 14.6. The van der Waals surface area contributed by atoms with Crippen LogP contribution in [0.3, 0.4) is 0 Å². The second kappa shape index (κ2) is 5.70. The number of carbonyl (C=O) groups excluding carboxylic acids is 1. The number of hydrogen-bond acceptors (Lipinski definition) is 5. The van der Waals surface area contributed by atoms with Crippen LogP contribution in [0.5, 0.6) is 11.5 Å². The third kappa shape index (κ3) is 3.41. The number of ether oxygens (including phenoxy) is 2. The summed E-state index contributed by atoms with van der Waals surface area (Å²) in [6, 6.07) is 5.56. The average molecular weight is 299 g/mol. The molecule has 7 heteroatoms. The highest BCUT2D eigenvalue weighted by Crippen LogP contribution is 2.32. The largest absolute Gasteiger partial charge is 0.454 e. The molecule has 20 heavy (non-hydrogen) atoms. The van der Waals surface area contributed by atoms with Gasteiger partial charge < -0.3 is 14.8 Å². The van der Waals surface area contributed by atoms with E-state index in [1.54, 1.807) is 0 Å². The molecule has 0 aliphatic carbocycles. The van der Waals surface area contributed by atoms with E-state index in [9.17, 15) is 13.2 Å². The summed E-state index contributed by atoms with van der Waals surface area (Å²) in [5.41, 5.74) is 0.988. The van der Waals surface area contributed by atoms with Gasteiger partial charge in [0.2, 0.25) is 12.7 Å². The molecule has 1 N–H and O–H groups in total. The summed E-state index contributed by atoms with van der Waals surface area (Å²) >= 11 is 0. The molecule has 0 spiro atoms. The second-order valence-corrected chi connectivity index (χ2v) is 7.07. The van der Waals surface area contributed by atoms with Crippen molar-refractivity contribution in [3.63, 3.8) is 0 Å². The highest BCUT2D eigenvalue weighted by atomic mass is 32.2. The van der Waals surface area contributed by atoms with Gasteiger partial charge in [-0.15, -0.1) is 0 Å². The lowest BCUT2D eigenvalue weighted by atomic mass is 10.1. The van der Waals surface area contributed by atoms with E-state index in [0.717, 1.165) is 11.8 Å². The van der Waals surface area contributed by atoms with E-state index in [1.807, 2.05) is 18.2 Å². The standard InChI is InChI=1S/C13H17NO5S/c1-9(20(2,16)17)13(15)14-6-5-10-3-4-11-12(7-10)19-8-18-11/h3-4,7,9H,5-6,8H2,1-2H3,(H,14,15)/t9-/m0/s1. The number of carbonyl (C=O) groups is 1. The Labute approximate surface area is 118 Å². The minimum Gasteiger partial charge on any atom is -0.454 e. The van der Waals surface area contributed by atoms with Crippen LogP contribution in [0.25, 0.3) is 0 Å². The minimum absolute atomic E-state index is 0.224. The van der Waals surface area contributed by atoms with Gasteiger partial charge in [0, 0.05) is 12.8 Å². The van der Waals surface area contributed by atoms with Gasteiger partial charge in [0.25, 0.3) is 0 Å². The average Bonchev–Trinajstić information content (AvgIpc) is 2.84. The molecule has 2 rings (SSSR count). The molecule has 1 heterocycles. The van der Waals surface area contributed by atoms with Gasteiger partial charge in [0.15, 0.2) is 21.3 Å². The van der Waals surface area contributed by atoms with Gasteiger partial charge in [-0.25, -0.2) is 8.42 Å². The van der Waals surface area contributed by atoms with Crippen molar-refractivity contribution in [1.29, 1.82) is 0 Å². The number of hydrogen-bond donors (Lipinski definition) is 1. The molecule has 6 nitrogen and oxygen atoms in total. The van der Waals surface area contributed by atoms with Gasteiger partial charge in [-0.05, 0) is 31.0 Å². The van der Waals surface area contributed by atoms with E-state index in [4.69, 9.17) is 9.47 Å². The SMILES string of the molecule is C[C@@H](C(=O)NCCc1ccc2c(c1)OCO2)S(C)(=O)=O. The van der Waals surface area contributed by atoms with Crippen LogP contribution >= 0.6 is 0 Å². The zero-order valence-corrected chi connectivity index (χ0v) is 12.2. The molecule has 1 aliphatic rings. The predicted octanol–water partition coefficient (Wildman–Crippen LogP) is 0.507. The van der Waals surface area contributed by atoms with Crippen molar-refractivity contribution in [3.05, 3.63) is 23.8 Å². The highest BCUT2D eigenvalue weighted by molar-refractivity contribution is 7.92. The molecule has 0 bridgehead atoms. The van der Waals surface area contributed by atoms with Crippen LogP contribution in [0.4, 0.5) is 0 Å². The zero-order chi connectivity index (χ0) is 14.8. The van der Waals surface area contributed by atoms with E-state index in [-0.39, 0.29) is 6.79 Å². The van der Waals surface area contributed by atoms with Crippen molar-refractivity contribution in [3.8, 4) is 11.5 Å². The Balaban J connectivity index is 1.86. The smallest absolute Gasteiger partial charge is 0.238 e. The fraction of sp³-hybridized carbons (Fsp3) is 0.462. The quantitative estimate of drug-likeness (QED) is 0.856. The fourth-order valence-corrected chi connectivity index (χ4v) is 2.24. The molecule has 0 fully saturated rings. The maximum absolute atomic E-state index is 11.6. The monoisotopic (exact) mass is 299 g/mol. The Bertz CT molecular complexity index is 611. The summed E-state index contributed by atoms with van der Waals surface area (Å²) in [5.74, 6) is 0.926. The summed E-state index contributed by atoms with van der Waals surface area (Å²) in [5, 5.41) is 1.59. The van der Waals surface area contributed by atoms with Crippen LogP contribution in [0.15, 0.2) is 18.2 Å². The van der Waals surface area contributed by atoms with Gasteiger partial charge in [0.1, 0.15) is 5.25 Å². The molecule has 0 radical (unpaired) electrons. The van der Waals surface area contributed by atoms with Gasteiger partial charge in [0.05, 0.1) is 0 Å². The first-order chi connectivity index (χ1) is 9.38. The molecular formula is C13H17NO5S. The van der Waals surface area contributed by atoms with Crippen LogP contribution in [0.2, 0.25) is 0 Å². The van der Waals surface area contributed by atoms with E-state index in [2.05, 4.69) is 5.32 Å². The van der Waals surface area contributed by atoms with Crippen molar-refractivity contribution in [2.45, 2.75) is 18.6 Å². The minimum atomic E-state index is -3.35. The van der Waals surface area contributed by atoms with Gasteiger partial charge in [-0.3, -0.25) is 4.79 Å². The molecular weight excluding hydrogens is 282 g/mol. The summed E-state index contributed by atoms with van der Waals surface area (Å²) in [6.45, 7) is 1.98. The van der Waals surface area contributed by atoms with Crippen molar-refractivity contribution in [2.75, 3.05) is 19.6 Å². The Kier molecular flexibility index (Phi) is 4.17. The second-order valence-electron chi connectivity index (χ2n) is 4.70. The van der Waals surface area contributed by atoms with Gasteiger partial charge >= 0.3 is 0 Å². The highest BCUT2D eigenvalue weighted by Gasteiger charge is 2.22. The molecule has 0 saturated heterocycles. The number of fused-ring (bicyclic) bond motifs is 1. The molecule has 0 aromatic heterocycles. The number of benzene rings is 1. The Morgan fingerprint density at radius 1 is 1.35 bits per heavy atom. The molecule has 0 saturated carbocycles. The van der Waals surface area contributed by atoms with E-state index in [1.165, 1.54) is 6.92 Å². The molecule has 1 atom stereocenters. The topological polar surface area (TPSA) is 81.7 Å². The molecule has 1 aromatic rings. The van der Waals surface area contributed by atoms with Crippen LogP contribution in [0.1, 0.15) is 12.5 Å². The van der Waals surface area contributed by atoms with E-state index in [0.29, 0.717) is 24.5 Å². The number of rotatable bonds is 5. The van der Waals surface area contributed by atoms with Gasteiger partial charge in [-0.1, -0.05) is 6.07 Å². The molecule has 0 unspecified atom stereocenters. The lowest BCUT2D eigenvalue weighted by Crippen LogP contribution is -2.38. The Morgan fingerprint density at radius 2 is 2.05 bits per heavy atom. The predicted molar refractivity (Wildman–Crippen MR) is 73.6 cm³/mol. The number of nitrogens with one attached hydrogen (secondary N) is 1. The van der Waals surface area contributed by atoms with Crippen molar-refractivity contribution >= 4 is 15.7 Å². The third-order valence-electron chi connectivity index (χ3n) is 3.16. The lowest BCUT2D eigenvalue weighted by Gasteiger charge is -2.10. The van der Waals surface area contributed by atoms with Gasteiger partial charge in [-0.2, -0.15) is 0 Å². The van der Waals surface area contributed by atoms with E-state index >= 15 is 0 Å². The van der Waals surface area contributed by atoms with Crippen molar-refractivity contribution < 1.29 is 22.7 Å². The Hall–Kier alpha value is -1.76. The summed E-state index contributed by atoms with van der Waals surface area (Å²) in [6.07, 6.45) is 1.65. The Morgan fingerprint density at radius 3 is 2.75 bits per heavy atom. The first-order valence-electron chi connectivity index (χ1n) is 6.23. The van der Waals surface area contributed by atoms with Crippen molar-refractivity contribution in [2.24, 2.45) is 0 Å². The van der Waals surface area contributed by atoms with Crippen molar-refractivity contribution in [1.82, 2.24) is 5.32 Å². The normalized spacial score (nSPS) is 14.9. The van der Waals surface area contributed by atoms with Crippen LogP contribution in [-0.2, 0) is 21.1 Å². The van der Waals surface area contributed by atoms with E-state index < -0.39 is 21.0 Å². The summed E-state index contributed by atoms with van der Waals surface area (Å²) in [7, 11) is -3.35. The maximum Gasteiger partial charge on any atom is 0.238 e. The van der Waals surface area contributed by atoms with Crippen LogP contribution in [-0.4, -0.2) is 39.2 Å². The molecule has 1 aliphatic heterocycles. The number of sulfone groups is 1. The number of amides is 1. The molecule has 110 valence electrons. The summed E-state index contributed by atoms with van der Waals surface area (Å²) in [4.78, 5) is 11.6. The third-order valence-corrected chi connectivity index (χ3v) is 4.66. The molecule has 1 amide bonds. The fourth-order valence-electron chi connectivity index (χ4n) is 1.76. The van der Waals surface area contributed by atoms with Crippen LogP contribution in [0, 0.1) is 0 Å². The summed E-state index contributed by atoms with van der Waals surface area (Å²) < 4.78 is 33.0. The van der Waals surface area contributed by atoms with Crippen LogP contribution < -0.4 is 14.8 Å². The molecule has 1 aromatic carbocycles. The zero-order valence-electron chi connectivity index (χ0n) is 11.4. The first-order valence-corrected chi connectivity index (χ1v) is 8.18. The maximum atomic E-state index is 11.6.